The lowest BCUT2D eigenvalue weighted by Crippen LogP contribution is -2.63. The average Bonchev–Trinajstić information content (AvgIpc) is 3.31. The maximum absolute atomic E-state index is 10.7. The van der Waals surface area contributed by atoms with Gasteiger partial charge in [0.05, 0.1) is 17.4 Å². The molecule has 0 bridgehead atoms. The predicted molar refractivity (Wildman–Crippen MR) is 128 cm³/mol. The van der Waals surface area contributed by atoms with Gasteiger partial charge in [-0.3, -0.25) is 15.5 Å². The lowest BCUT2D eigenvalue weighted by molar-refractivity contribution is 0.155. The van der Waals surface area contributed by atoms with Crippen LogP contribution in [0.15, 0.2) is 35.1 Å². The van der Waals surface area contributed by atoms with E-state index in [9.17, 15) is 5.11 Å². The van der Waals surface area contributed by atoms with Crippen LogP contribution in [0.4, 0.5) is 11.5 Å². The van der Waals surface area contributed by atoms with Crippen LogP contribution in [-0.2, 0) is 0 Å². The third-order valence-electron chi connectivity index (χ3n) is 6.03. The van der Waals surface area contributed by atoms with Crippen molar-refractivity contribution in [2.24, 2.45) is 0 Å². The Morgan fingerprint density at radius 3 is 2.47 bits per heavy atom. The molecule has 1 aromatic carbocycles. The molecule has 4 heterocycles. The number of phenols is 1. The van der Waals surface area contributed by atoms with E-state index < -0.39 is 0 Å². The van der Waals surface area contributed by atoms with Crippen LogP contribution < -0.4 is 21.3 Å². The molecule has 0 unspecified atom stereocenters. The minimum Gasteiger partial charge on any atom is -0.507 e. The Kier molecular flexibility index (Phi) is 4.92. The quantitative estimate of drug-likeness (QED) is 0.368. The third kappa shape index (κ3) is 3.82. The number of fused-ring (bicyclic) bond motifs is 1. The Morgan fingerprint density at radius 1 is 1.06 bits per heavy atom. The number of aromatic amines is 1. The number of phenolic OH excluding ortho intramolecular Hbond substituents is 1. The highest BCUT2D eigenvalue weighted by Gasteiger charge is 2.42. The first-order valence-corrected chi connectivity index (χ1v) is 11.4. The number of nitrogens with one attached hydrogen (secondary N) is 4. The molecule has 0 saturated carbocycles. The molecule has 0 radical (unpaired) electrons. The van der Waals surface area contributed by atoms with Gasteiger partial charge in [-0.15, -0.1) is 15.7 Å². The van der Waals surface area contributed by atoms with Gasteiger partial charge >= 0.3 is 0 Å². The Balaban J connectivity index is 1.43. The van der Waals surface area contributed by atoms with Gasteiger partial charge in [0.15, 0.2) is 5.82 Å². The molecule has 0 atom stereocenters. The standard InChI is InChI=1S/C22H27BrN8O/c1-21(2)9-13(10-22(3,4)29-21)31-20-17(26-30-31)8-16(25-28-20)14-6-5-12(7-18(14)32)15-11-24-27-19(15)23/h5-8,11,13,26,29-30,32H,9-10H2,1-4H3,(H,24,27). The summed E-state index contributed by atoms with van der Waals surface area (Å²) in [7, 11) is 0. The van der Waals surface area contributed by atoms with Gasteiger partial charge in [0.25, 0.3) is 0 Å². The van der Waals surface area contributed by atoms with Crippen LogP contribution in [0.3, 0.4) is 0 Å². The van der Waals surface area contributed by atoms with Crippen molar-refractivity contribution in [2.45, 2.75) is 57.7 Å². The molecule has 2 aliphatic heterocycles. The Morgan fingerprint density at radius 2 is 1.81 bits per heavy atom. The van der Waals surface area contributed by atoms with Gasteiger partial charge in [-0.05, 0) is 80.2 Å². The molecule has 2 aromatic heterocycles. The molecule has 5 N–H and O–H groups in total. The number of hydrazine groups is 2. The van der Waals surface area contributed by atoms with Crippen molar-refractivity contribution >= 4 is 27.4 Å². The molecule has 168 valence electrons. The molecule has 2 aliphatic rings. The minimum absolute atomic E-state index is 0.0156. The van der Waals surface area contributed by atoms with E-state index in [0.29, 0.717) is 15.9 Å². The van der Waals surface area contributed by atoms with Crippen molar-refractivity contribution in [3.05, 3.63) is 35.1 Å². The number of anilines is 2. The molecular formula is C22H27BrN8O. The molecule has 3 aromatic rings. The summed E-state index contributed by atoms with van der Waals surface area (Å²) in [6.07, 6.45) is 3.72. The number of aromatic nitrogens is 4. The molecule has 32 heavy (non-hydrogen) atoms. The van der Waals surface area contributed by atoms with Crippen LogP contribution >= 0.6 is 15.9 Å². The van der Waals surface area contributed by atoms with Crippen LogP contribution in [0.1, 0.15) is 40.5 Å². The number of aromatic hydroxyl groups is 1. The minimum atomic E-state index is 0.0156. The van der Waals surface area contributed by atoms with E-state index in [2.05, 4.69) is 85.3 Å². The second-order valence-corrected chi connectivity index (χ2v) is 10.6. The number of H-pyrrole nitrogens is 1. The molecule has 9 nitrogen and oxygen atoms in total. The second-order valence-electron chi connectivity index (χ2n) is 9.85. The fourth-order valence-electron chi connectivity index (χ4n) is 5.07. The lowest BCUT2D eigenvalue weighted by atomic mass is 9.79. The van der Waals surface area contributed by atoms with Gasteiger partial charge in [0, 0.05) is 28.4 Å². The number of benzene rings is 1. The van der Waals surface area contributed by atoms with E-state index in [1.165, 1.54) is 0 Å². The van der Waals surface area contributed by atoms with Crippen molar-refractivity contribution < 1.29 is 5.11 Å². The molecule has 0 aliphatic carbocycles. The Labute approximate surface area is 195 Å². The summed E-state index contributed by atoms with van der Waals surface area (Å²) in [5.74, 6) is 0.903. The maximum atomic E-state index is 10.7. The van der Waals surface area contributed by atoms with Crippen LogP contribution in [0.2, 0.25) is 0 Å². The summed E-state index contributed by atoms with van der Waals surface area (Å²) in [5, 5.41) is 32.3. The third-order valence-corrected chi connectivity index (χ3v) is 6.63. The lowest BCUT2D eigenvalue weighted by Gasteiger charge is -2.48. The summed E-state index contributed by atoms with van der Waals surface area (Å²) in [6.45, 7) is 8.92. The summed E-state index contributed by atoms with van der Waals surface area (Å²) < 4.78 is 0.696. The number of piperidine rings is 1. The molecule has 1 fully saturated rings. The van der Waals surface area contributed by atoms with E-state index in [-0.39, 0.29) is 22.9 Å². The highest BCUT2D eigenvalue weighted by molar-refractivity contribution is 9.10. The molecular weight excluding hydrogens is 472 g/mol. The van der Waals surface area contributed by atoms with Crippen LogP contribution in [0, 0.1) is 0 Å². The smallest absolute Gasteiger partial charge is 0.191 e. The van der Waals surface area contributed by atoms with Crippen molar-refractivity contribution in [3.63, 3.8) is 0 Å². The van der Waals surface area contributed by atoms with E-state index in [0.717, 1.165) is 35.5 Å². The Hall–Kier alpha value is -2.69. The zero-order valence-electron chi connectivity index (χ0n) is 18.5. The zero-order valence-corrected chi connectivity index (χ0v) is 20.1. The van der Waals surface area contributed by atoms with Crippen molar-refractivity contribution in [1.29, 1.82) is 0 Å². The predicted octanol–water partition coefficient (Wildman–Crippen LogP) is 3.96. The van der Waals surface area contributed by atoms with E-state index >= 15 is 0 Å². The SMILES string of the molecule is CC1(C)CC(N2NNc3cc(-c4ccc(-c5c[nH]nc5Br)cc4O)nnc32)CC(C)(C)N1. The van der Waals surface area contributed by atoms with E-state index in [4.69, 9.17) is 0 Å². The first kappa shape index (κ1) is 21.2. The van der Waals surface area contributed by atoms with Crippen LogP contribution in [-0.4, -0.2) is 42.6 Å². The maximum Gasteiger partial charge on any atom is 0.191 e. The first-order chi connectivity index (χ1) is 15.1. The average molecular weight is 499 g/mol. The number of nitrogens with zero attached hydrogens (tertiary/aromatic N) is 4. The number of hydrogen-bond donors (Lipinski definition) is 5. The van der Waals surface area contributed by atoms with Gasteiger partial charge in [0.1, 0.15) is 10.4 Å². The van der Waals surface area contributed by atoms with Crippen molar-refractivity contribution in [3.8, 4) is 28.1 Å². The van der Waals surface area contributed by atoms with Gasteiger partial charge in [-0.2, -0.15) is 5.10 Å². The van der Waals surface area contributed by atoms with Crippen molar-refractivity contribution in [1.82, 2.24) is 31.2 Å². The monoisotopic (exact) mass is 498 g/mol. The summed E-state index contributed by atoms with van der Waals surface area (Å²) in [4.78, 5) is 0. The van der Waals surface area contributed by atoms with Gasteiger partial charge < -0.3 is 10.4 Å². The highest BCUT2D eigenvalue weighted by atomic mass is 79.9. The molecule has 0 amide bonds. The summed E-state index contributed by atoms with van der Waals surface area (Å²) in [6, 6.07) is 7.65. The van der Waals surface area contributed by atoms with Crippen LogP contribution in [0.25, 0.3) is 22.4 Å². The van der Waals surface area contributed by atoms with Gasteiger partial charge in [0.2, 0.25) is 0 Å². The number of hydrogen-bond acceptors (Lipinski definition) is 8. The molecule has 0 spiro atoms. The normalized spacial score (nSPS) is 19.6. The zero-order chi connectivity index (χ0) is 22.7. The summed E-state index contributed by atoms with van der Waals surface area (Å²) >= 11 is 3.41. The van der Waals surface area contributed by atoms with Crippen LogP contribution in [0.5, 0.6) is 5.75 Å². The van der Waals surface area contributed by atoms with Gasteiger partial charge in [-0.1, -0.05) is 6.07 Å². The number of halogens is 1. The van der Waals surface area contributed by atoms with Crippen molar-refractivity contribution in [2.75, 3.05) is 10.4 Å². The fraction of sp³-hybridized carbons (Fsp3) is 0.409. The molecule has 10 heteroatoms. The summed E-state index contributed by atoms with van der Waals surface area (Å²) in [5.41, 5.74) is 10.3. The molecule has 1 saturated heterocycles. The number of rotatable bonds is 3. The van der Waals surface area contributed by atoms with Gasteiger partial charge in [-0.25, -0.2) is 0 Å². The fourth-order valence-corrected chi connectivity index (χ4v) is 5.51. The van der Waals surface area contributed by atoms with E-state index in [1.807, 2.05) is 18.2 Å². The molecule has 5 rings (SSSR count). The Bertz CT molecular complexity index is 1160. The topological polar surface area (TPSA) is 114 Å². The largest absolute Gasteiger partial charge is 0.507 e. The highest BCUT2D eigenvalue weighted by Crippen LogP contribution is 2.39. The van der Waals surface area contributed by atoms with E-state index in [1.54, 1.807) is 12.3 Å². The second kappa shape index (κ2) is 7.43. The first-order valence-electron chi connectivity index (χ1n) is 10.6.